The fraction of sp³-hybridized carbons (Fsp3) is 0. The highest BCUT2D eigenvalue weighted by Crippen LogP contribution is 2.41. The monoisotopic (exact) mass is 664 g/mol. The first-order chi connectivity index (χ1) is 25.8. The van der Waals surface area contributed by atoms with Crippen molar-refractivity contribution in [1.82, 2.24) is 19.5 Å². The first kappa shape index (κ1) is 28.7. The summed E-state index contributed by atoms with van der Waals surface area (Å²) in [5.74, 6) is 1.83. The Hall–Kier alpha value is -7.11. The van der Waals surface area contributed by atoms with E-state index in [-0.39, 0.29) is 0 Å². The summed E-state index contributed by atoms with van der Waals surface area (Å²) >= 11 is 0. The standard InChI is InChI=1S/C47H28N4O/c1-2-15-30(16-3-1)51-39-24-10-8-20-34(39)43-36(22-12-25-40(43)51)45-48-46(37-23-13-27-42-44(37)35-21-9-11-26-41(35)52-42)50-47(49-45)38-28-29-14-4-5-17-31(29)32-18-6-7-19-33(32)38/h1-28H. The molecule has 0 amide bonds. The number of para-hydroxylation sites is 3. The molecule has 0 aliphatic rings. The van der Waals surface area contributed by atoms with Gasteiger partial charge in [-0.2, -0.15) is 0 Å². The molecular weight excluding hydrogens is 637 g/mol. The van der Waals surface area contributed by atoms with Gasteiger partial charge in [0.2, 0.25) is 0 Å². The zero-order chi connectivity index (χ0) is 34.2. The molecule has 11 rings (SSSR count). The molecule has 0 atom stereocenters. The molecule has 0 aliphatic heterocycles. The zero-order valence-corrected chi connectivity index (χ0v) is 27.9. The Morgan fingerprint density at radius 3 is 1.73 bits per heavy atom. The van der Waals surface area contributed by atoms with Crippen LogP contribution in [0.15, 0.2) is 174 Å². The van der Waals surface area contributed by atoms with Crippen molar-refractivity contribution >= 4 is 65.3 Å². The molecule has 0 aliphatic carbocycles. The van der Waals surface area contributed by atoms with Gasteiger partial charge in [-0.15, -0.1) is 0 Å². The van der Waals surface area contributed by atoms with Crippen LogP contribution in [-0.4, -0.2) is 19.5 Å². The van der Waals surface area contributed by atoms with E-state index >= 15 is 0 Å². The van der Waals surface area contributed by atoms with E-state index in [1.165, 1.54) is 5.39 Å². The molecular formula is C47H28N4O. The second-order valence-electron chi connectivity index (χ2n) is 13.2. The van der Waals surface area contributed by atoms with Crippen LogP contribution in [0.4, 0.5) is 0 Å². The minimum atomic E-state index is 0.596. The minimum absolute atomic E-state index is 0.596. The zero-order valence-electron chi connectivity index (χ0n) is 27.9. The summed E-state index contributed by atoms with van der Waals surface area (Å²) in [6, 6.07) is 59.1. The lowest BCUT2D eigenvalue weighted by Gasteiger charge is -2.13. The molecule has 0 saturated carbocycles. The van der Waals surface area contributed by atoms with Gasteiger partial charge in [0.25, 0.3) is 0 Å². The topological polar surface area (TPSA) is 56.7 Å². The normalized spacial score (nSPS) is 11.8. The van der Waals surface area contributed by atoms with Crippen LogP contribution in [0.2, 0.25) is 0 Å². The van der Waals surface area contributed by atoms with Gasteiger partial charge in [0.15, 0.2) is 17.5 Å². The van der Waals surface area contributed by atoms with Gasteiger partial charge in [0.1, 0.15) is 11.2 Å². The van der Waals surface area contributed by atoms with E-state index in [2.05, 4.69) is 144 Å². The first-order valence-corrected chi connectivity index (χ1v) is 17.5. The SMILES string of the molecule is c1ccc(-n2c3ccccc3c3c(-c4nc(-c5cc6ccccc6c6ccccc56)nc(-c5cccc6oc7ccccc7c56)n4)cccc32)cc1. The molecule has 5 nitrogen and oxygen atoms in total. The number of benzene rings is 8. The largest absolute Gasteiger partial charge is 0.456 e. The Kier molecular flexibility index (Phi) is 6.18. The summed E-state index contributed by atoms with van der Waals surface area (Å²) in [6.45, 7) is 0. The Morgan fingerprint density at radius 2 is 0.923 bits per heavy atom. The van der Waals surface area contributed by atoms with Crippen molar-refractivity contribution in [3.05, 3.63) is 170 Å². The number of hydrogen-bond acceptors (Lipinski definition) is 4. The highest BCUT2D eigenvalue weighted by Gasteiger charge is 2.22. The third kappa shape index (κ3) is 4.26. The lowest BCUT2D eigenvalue weighted by Crippen LogP contribution is -2.01. The lowest BCUT2D eigenvalue weighted by atomic mass is 9.96. The average molecular weight is 665 g/mol. The van der Waals surface area contributed by atoms with E-state index < -0.39 is 0 Å². The number of nitrogens with zero attached hydrogens (tertiary/aromatic N) is 4. The minimum Gasteiger partial charge on any atom is -0.456 e. The molecule has 5 heteroatoms. The summed E-state index contributed by atoms with van der Waals surface area (Å²) in [7, 11) is 0. The van der Waals surface area contributed by atoms with Gasteiger partial charge in [0, 0.05) is 43.9 Å². The van der Waals surface area contributed by atoms with E-state index in [9.17, 15) is 0 Å². The molecule has 0 radical (unpaired) electrons. The van der Waals surface area contributed by atoms with Crippen LogP contribution in [0.25, 0.3) is 105 Å². The molecule has 0 N–H and O–H groups in total. The van der Waals surface area contributed by atoms with E-state index in [1.54, 1.807) is 0 Å². The summed E-state index contributed by atoms with van der Waals surface area (Å²) in [4.78, 5) is 16.0. The van der Waals surface area contributed by atoms with Crippen molar-refractivity contribution in [2.45, 2.75) is 0 Å². The number of fused-ring (bicyclic) bond motifs is 9. The molecule has 0 spiro atoms. The van der Waals surface area contributed by atoms with Gasteiger partial charge in [-0.1, -0.05) is 127 Å². The number of furan rings is 1. The fourth-order valence-corrected chi connectivity index (χ4v) is 8.00. The van der Waals surface area contributed by atoms with Gasteiger partial charge in [-0.25, -0.2) is 15.0 Å². The molecule has 11 aromatic rings. The van der Waals surface area contributed by atoms with Gasteiger partial charge in [0.05, 0.1) is 11.0 Å². The second-order valence-corrected chi connectivity index (χ2v) is 13.2. The van der Waals surface area contributed by atoms with Crippen LogP contribution in [0.5, 0.6) is 0 Å². The molecule has 242 valence electrons. The van der Waals surface area contributed by atoms with Gasteiger partial charge >= 0.3 is 0 Å². The van der Waals surface area contributed by atoms with Crippen molar-refractivity contribution in [1.29, 1.82) is 0 Å². The Bertz CT molecular complexity index is 3190. The third-order valence-electron chi connectivity index (χ3n) is 10.2. The van der Waals surface area contributed by atoms with Gasteiger partial charge < -0.3 is 8.98 Å². The maximum atomic E-state index is 6.33. The number of rotatable bonds is 4. The Balaban J connectivity index is 1.26. The maximum absolute atomic E-state index is 6.33. The van der Waals surface area contributed by atoms with Crippen LogP contribution in [-0.2, 0) is 0 Å². The van der Waals surface area contributed by atoms with Crippen LogP contribution >= 0.6 is 0 Å². The Labute approximate surface area is 298 Å². The summed E-state index contributed by atoms with van der Waals surface area (Å²) < 4.78 is 8.65. The number of hydrogen-bond donors (Lipinski definition) is 0. The van der Waals surface area contributed by atoms with Crippen LogP contribution in [0.1, 0.15) is 0 Å². The molecule has 0 fully saturated rings. The smallest absolute Gasteiger partial charge is 0.164 e. The van der Waals surface area contributed by atoms with Crippen molar-refractivity contribution in [2.75, 3.05) is 0 Å². The first-order valence-electron chi connectivity index (χ1n) is 17.5. The van der Waals surface area contributed by atoms with E-state index in [1.807, 2.05) is 30.3 Å². The number of aromatic nitrogens is 4. The summed E-state index contributed by atoms with van der Waals surface area (Å²) in [6.07, 6.45) is 0. The predicted octanol–water partition coefficient (Wildman–Crippen LogP) is 12.2. The van der Waals surface area contributed by atoms with Crippen LogP contribution in [0.3, 0.4) is 0 Å². The molecule has 3 heterocycles. The van der Waals surface area contributed by atoms with Gasteiger partial charge in [-0.3, -0.25) is 0 Å². The average Bonchev–Trinajstić information content (AvgIpc) is 3.77. The molecule has 0 bridgehead atoms. The van der Waals surface area contributed by atoms with E-state index in [0.717, 1.165) is 82.3 Å². The maximum Gasteiger partial charge on any atom is 0.164 e. The van der Waals surface area contributed by atoms with Crippen LogP contribution < -0.4 is 0 Å². The Morgan fingerprint density at radius 1 is 0.365 bits per heavy atom. The molecule has 0 unspecified atom stereocenters. The van der Waals surface area contributed by atoms with Gasteiger partial charge in [-0.05, 0) is 64.0 Å². The highest BCUT2D eigenvalue weighted by atomic mass is 16.3. The van der Waals surface area contributed by atoms with Crippen LogP contribution in [0, 0.1) is 0 Å². The second kappa shape index (κ2) is 11.2. The quantitative estimate of drug-likeness (QED) is 0.176. The third-order valence-corrected chi connectivity index (χ3v) is 10.2. The molecule has 8 aromatic carbocycles. The predicted molar refractivity (Wildman–Crippen MR) is 213 cm³/mol. The van der Waals surface area contributed by atoms with Crippen molar-refractivity contribution in [2.24, 2.45) is 0 Å². The van der Waals surface area contributed by atoms with Crippen molar-refractivity contribution < 1.29 is 4.42 Å². The summed E-state index contributed by atoms with van der Waals surface area (Å²) in [5, 5.41) is 8.84. The molecule has 52 heavy (non-hydrogen) atoms. The molecule has 3 aromatic heterocycles. The fourth-order valence-electron chi connectivity index (χ4n) is 8.00. The van der Waals surface area contributed by atoms with Crippen molar-refractivity contribution in [3.8, 4) is 39.9 Å². The van der Waals surface area contributed by atoms with E-state index in [4.69, 9.17) is 19.4 Å². The van der Waals surface area contributed by atoms with Crippen molar-refractivity contribution in [3.63, 3.8) is 0 Å². The van der Waals surface area contributed by atoms with E-state index in [0.29, 0.717) is 17.5 Å². The summed E-state index contributed by atoms with van der Waals surface area (Å²) in [5.41, 5.74) is 7.75. The highest BCUT2D eigenvalue weighted by molar-refractivity contribution is 6.16. The molecule has 0 saturated heterocycles. The lowest BCUT2D eigenvalue weighted by molar-refractivity contribution is 0.669.